The molecule has 0 aliphatic carbocycles. The van der Waals surface area contributed by atoms with Crippen LogP contribution in [0.4, 0.5) is 0 Å². The average Bonchev–Trinajstić information content (AvgIpc) is 2.97. The van der Waals surface area contributed by atoms with Gasteiger partial charge < -0.3 is 11.1 Å². The third-order valence-corrected chi connectivity index (χ3v) is 5.25. The van der Waals surface area contributed by atoms with Crippen molar-refractivity contribution in [2.24, 2.45) is 11.1 Å². The first-order valence-electron chi connectivity index (χ1n) is 8.72. The Morgan fingerprint density at radius 1 is 1.35 bits per heavy atom. The first-order chi connectivity index (χ1) is 10.9. The number of likely N-dealkylation sites (tertiary alicyclic amines) is 1. The molecule has 0 radical (unpaired) electrons. The third-order valence-electron chi connectivity index (χ3n) is 5.25. The Morgan fingerprint density at radius 2 is 2.00 bits per heavy atom. The second-order valence-corrected chi connectivity index (χ2v) is 7.24. The van der Waals surface area contributed by atoms with Crippen LogP contribution in [0, 0.1) is 5.41 Å². The highest BCUT2D eigenvalue weighted by atomic mass is 16.2. The van der Waals surface area contributed by atoms with E-state index >= 15 is 0 Å². The van der Waals surface area contributed by atoms with Crippen molar-refractivity contribution in [1.29, 1.82) is 0 Å². The fraction of sp³-hybridized carbons (Fsp3) is 0.632. The molecule has 0 spiro atoms. The topological polar surface area (TPSA) is 58.4 Å². The summed E-state index contributed by atoms with van der Waals surface area (Å²) in [5.41, 5.74) is 8.48. The van der Waals surface area contributed by atoms with E-state index in [4.69, 9.17) is 5.73 Å². The molecule has 4 nitrogen and oxygen atoms in total. The summed E-state index contributed by atoms with van der Waals surface area (Å²) in [6.45, 7) is 10.9. The minimum atomic E-state index is -0.110. The van der Waals surface area contributed by atoms with Gasteiger partial charge in [-0.25, -0.2) is 0 Å². The number of aryl methyl sites for hydroxylation is 1. The minimum absolute atomic E-state index is 0.0272. The van der Waals surface area contributed by atoms with Gasteiger partial charge in [0, 0.05) is 6.54 Å². The van der Waals surface area contributed by atoms with Crippen LogP contribution < -0.4 is 11.1 Å². The maximum absolute atomic E-state index is 12.6. The number of carbonyl (C=O) groups is 1. The Hall–Kier alpha value is -1.39. The number of rotatable bonds is 6. The smallest absolute Gasteiger partial charge is 0.237 e. The zero-order valence-corrected chi connectivity index (χ0v) is 14.9. The van der Waals surface area contributed by atoms with Gasteiger partial charge in [-0.2, -0.15) is 0 Å². The quantitative estimate of drug-likeness (QED) is 0.847. The molecule has 3 atom stereocenters. The number of benzene rings is 1. The molecule has 0 aromatic heterocycles. The van der Waals surface area contributed by atoms with Crippen LogP contribution in [0.25, 0.3) is 0 Å². The van der Waals surface area contributed by atoms with E-state index in [-0.39, 0.29) is 23.4 Å². The summed E-state index contributed by atoms with van der Waals surface area (Å²) in [7, 11) is 0. The van der Waals surface area contributed by atoms with Gasteiger partial charge in [-0.15, -0.1) is 0 Å². The fourth-order valence-electron chi connectivity index (χ4n) is 3.18. The number of amides is 1. The predicted octanol–water partition coefficient (Wildman–Crippen LogP) is 2.49. The van der Waals surface area contributed by atoms with Crippen molar-refractivity contribution in [1.82, 2.24) is 10.2 Å². The lowest BCUT2D eigenvalue weighted by atomic mass is 9.90. The standard InChI is InChI=1S/C19H31N3O/c1-5-16-6-8-17(9-7-16)14(2)21-18(23)15(3)22-11-10-19(4,12-20)13-22/h6-9,14-15H,5,10-13,20H2,1-4H3,(H,21,23). The van der Waals surface area contributed by atoms with Gasteiger partial charge in [0.25, 0.3) is 0 Å². The molecule has 3 unspecified atom stereocenters. The lowest BCUT2D eigenvalue weighted by Crippen LogP contribution is -2.45. The van der Waals surface area contributed by atoms with E-state index in [1.54, 1.807) is 0 Å². The number of carbonyl (C=O) groups excluding carboxylic acids is 1. The zero-order chi connectivity index (χ0) is 17.0. The Kier molecular flexibility index (Phi) is 5.82. The Bertz CT molecular complexity index is 528. The molecule has 128 valence electrons. The molecule has 0 saturated carbocycles. The van der Waals surface area contributed by atoms with Gasteiger partial charge in [0.2, 0.25) is 5.91 Å². The first-order valence-corrected chi connectivity index (χ1v) is 8.72. The molecular weight excluding hydrogens is 286 g/mol. The van der Waals surface area contributed by atoms with Crippen LogP contribution in [0.3, 0.4) is 0 Å². The molecule has 0 bridgehead atoms. The summed E-state index contributed by atoms with van der Waals surface area (Å²) in [5, 5.41) is 3.14. The van der Waals surface area contributed by atoms with Crippen molar-refractivity contribution in [2.75, 3.05) is 19.6 Å². The monoisotopic (exact) mass is 317 g/mol. The van der Waals surface area contributed by atoms with Gasteiger partial charge >= 0.3 is 0 Å². The highest BCUT2D eigenvalue weighted by molar-refractivity contribution is 5.81. The number of hydrogen-bond donors (Lipinski definition) is 2. The minimum Gasteiger partial charge on any atom is -0.348 e. The molecule has 1 aliphatic heterocycles. The highest BCUT2D eigenvalue weighted by Gasteiger charge is 2.36. The van der Waals surface area contributed by atoms with Gasteiger partial charge in [-0.3, -0.25) is 9.69 Å². The van der Waals surface area contributed by atoms with Crippen LogP contribution in [0.5, 0.6) is 0 Å². The zero-order valence-electron chi connectivity index (χ0n) is 14.9. The van der Waals surface area contributed by atoms with Crippen molar-refractivity contribution in [3.05, 3.63) is 35.4 Å². The second-order valence-electron chi connectivity index (χ2n) is 7.24. The van der Waals surface area contributed by atoms with E-state index in [9.17, 15) is 4.79 Å². The van der Waals surface area contributed by atoms with Crippen molar-refractivity contribution in [2.45, 2.75) is 52.6 Å². The summed E-state index contributed by atoms with van der Waals surface area (Å²) in [5.74, 6) is 0.0957. The molecule has 1 aromatic rings. The van der Waals surface area contributed by atoms with E-state index in [1.807, 2.05) is 13.8 Å². The lowest BCUT2D eigenvalue weighted by molar-refractivity contribution is -0.126. The average molecular weight is 317 g/mol. The van der Waals surface area contributed by atoms with Crippen LogP contribution in [0.15, 0.2) is 24.3 Å². The molecule has 4 heteroatoms. The van der Waals surface area contributed by atoms with Crippen molar-refractivity contribution in [3.63, 3.8) is 0 Å². The molecule has 3 N–H and O–H groups in total. The van der Waals surface area contributed by atoms with Gasteiger partial charge in [0.15, 0.2) is 0 Å². The maximum atomic E-state index is 12.6. The van der Waals surface area contributed by atoms with Crippen LogP contribution in [0.1, 0.15) is 51.3 Å². The van der Waals surface area contributed by atoms with Crippen LogP contribution in [0.2, 0.25) is 0 Å². The summed E-state index contributed by atoms with van der Waals surface area (Å²) >= 11 is 0. The first kappa shape index (κ1) is 18.0. The largest absolute Gasteiger partial charge is 0.348 e. The van der Waals surface area contributed by atoms with Gasteiger partial charge in [-0.05, 0) is 56.3 Å². The molecule has 1 fully saturated rings. The van der Waals surface area contributed by atoms with Crippen molar-refractivity contribution >= 4 is 5.91 Å². The van der Waals surface area contributed by atoms with E-state index < -0.39 is 0 Å². The Balaban J connectivity index is 1.92. The maximum Gasteiger partial charge on any atom is 0.237 e. The van der Waals surface area contributed by atoms with E-state index in [0.29, 0.717) is 6.54 Å². The molecule has 1 saturated heterocycles. The fourth-order valence-corrected chi connectivity index (χ4v) is 3.18. The van der Waals surface area contributed by atoms with Crippen molar-refractivity contribution < 1.29 is 4.79 Å². The molecule has 1 amide bonds. The third kappa shape index (κ3) is 4.33. The Morgan fingerprint density at radius 3 is 2.52 bits per heavy atom. The molecule has 23 heavy (non-hydrogen) atoms. The Labute approximate surface area is 140 Å². The molecule has 1 aromatic carbocycles. The van der Waals surface area contributed by atoms with Crippen LogP contribution in [-0.4, -0.2) is 36.5 Å². The summed E-state index contributed by atoms with van der Waals surface area (Å²) in [6, 6.07) is 8.40. The van der Waals surface area contributed by atoms with Gasteiger partial charge in [0.05, 0.1) is 12.1 Å². The van der Waals surface area contributed by atoms with Gasteiger partial charge in [0.1, 0.15) is 0 Å². The number of nitrogens with one attached hydrogen (secondary N) is 1. The summed E-state index contributed by atoms with van der Waals surface area (Å²) in [4.78, 5) is 14.8. The predicted molar refractivity (Wildman–Crippen MR) is 95.2 cm³/mol. The van der Waals surface area contributed by atoms with Gasteiger partial charge in [-0.1, -0.05) is 38.1 Å². The number of nitrogens with two attached hydrogens (primary N) is 1. The number of hydrogen-bond acceptors (Lipinski definition) is 3. The highest BCUT2D eigenvalue weighted by Crippen LogP contribution is 2.29. The molecular formula is C19H31N3O. The summed E-state index contributed by atoms with van der Waals surface area (Å²) in [6.07, 6.45) is 2.10. The summed E-state index contributed by atoms with van der Waals surface area (Å²) < 4.78 is 0. The van der Waals surface area contributed by atoms with Crippen LogP contribution >= 0.6 is 0 Å². The SMILES string of the molecule is CCc1ccc(C(C)NC(=O)C(C)N2CCC(C)(CN)C2)cc1. The van der Waals surface area contributed by atoms with E-state index in [2.05, 4.69) is 48.3 Å². The molecule has 1 aliphatic rings. The van der Waals surface area contributed by atoms with Crippen molar-refractivity contribution in [3.8, 4) is 0 Å². The normalized spacial score (nSPS) is 24.4. The number of nitrogens with zero attached hydrogens (tertiary/aromatic N) is 1. The molecule has 1 heterocycles. The van der Waals surface area contributed by atoms with E-state index in [1.165, 1.54) is 5.56 Å². The molecule has 2 rings (SSSR count). The lowest BCUT2D eigenvalue weighted by Gasteiger charge is -2.27. The van der Waals surface area contributed by atoms with E-state index in [0.717, 1.165) is 31.5 Å². The van der Waals surface area contributed by atoms with Crippen LogP contribution in [-0.2, 0) is 11.2 Å². The second kappa shape index (κ2) is 7.45.